The van der Waals surface area contributed by atoms with Crippen LogP contribution >= 0.6 is 0 Å². The molecule has 0 fully saturated rings. The smallest absolute Gasteiger partial charge is 0.144 e. The van der Waals surface area contributed by atoms with Gasteiger partial charge in [0.05, 0.1) is 19.0 Å². The number of benzene rings is 3. The highest BCUT2D eigenvalue weighted by molar-refractivity contribution is 5.70. The lowest BCUT2D eigenvalue weighted by molar-refractivity contribution is 0.415. The van der Waals surface area contributed by atoms with Gasteiger partial charge < -0.3 is 4.74 Å². The lowest BCUT2D eigenvalue weighted by Gasteiger charge is -2.13. The van der Waals surface area contributed by atoms with E-state index >= 15 is 0 Å². The first-order valence-corrected chi connectivity index (χ1v) is 8.20. The summed E-state index contributed by atoms with van der Waals surface area (Å²) in [5.74, 6) is 1.77. The van der Waals surface area contributed by atoms with Crippen molar-refractivity contribution in [3.8, 4) is 34.1 Å². The fourth-order valence-electron chi connectivity index (χ4n) is 2.95. The highest BCUT2D eigenvalue weighted by Gasteiger charge is 2.14. The molecule has 0 aliphatic heterocycles. The topological polar surface area (TPSA) is 27.1 Å². The fourth-order valence-corrected chi connectivity index (χ4v) is 2.95. The maximum Gasteiger partial charge on any atom is 0.144 e. The summed E-state index contributed by atoms with van der Waals surface area (Å²) >= 11 is 0. The predicted octanol–water partition coefficient (Wildman–Crippen LogP) is 5.21. The van der Waals surface area contributed by atoms with E-state index in [0.717, 1.165) is 34.1 Å². The largest absolute Gasteiger partial charge is 0.497 e. The lowest BCUT2D eigenvalue weighted by atomic mass is 10.1. The molecule has 0 amide bonds. The summed E-state index contributed by atoms with van der Waals surface area (Å²) in [7, 11) is 1.68. The minimum absolute atomic E-state index is 0.845. The number of rotatable bonds is 4. The van der Waals surface area contributed by atoms with Gasteiger partial charge in [-0.3, -0.25) is 4.57 Å². The molecule has 0 atom stereocenters. The zero-order valence-electron chi connectivity index (χ0n) is 14.0. The van der Waals surface area contributed by atoms with Gasteiger partial charge in [0.1, 0.15) is 11.6 Å². The number of ether oxygens (including phenoxy) is 1. The van der Waals surface area contributed by atoms with Crippen LogP contribution in [0.1, 0.15) is 0 Å². The molecule has 0 aliphatic rings. The molecular formula is C22H18N2O. The summed E-state index contributed by atoms with van der Waals surface area (Å²) in [6.45, 7) is 0. The molecule has 0 saturated carbocycles. The van der Waals surface area contributed by atoms with Gasteiger partial charge >= 0.3 is 0 Å². The van der Waals surface area contributed by atoms with Gasteiger partial charge in [-0.1, -0.05) is 48.5 Å². The summed E-state index contributed by atoms with van der Waals surface area (Å²) in [4.78, 5) is 4.71. The van der Waals surface area contributed by atoms with Crippen LogP contribution in [-0.2, 0) is 0 Å². The molecule has 3 nitrogen and oxygen atoms in total. The third-order valence-electron chi connectivity index (χ3n) is 4.19. The van der Waals surface area contributed by atoms with Crippen LogP contribution in [0.2, 0.25) is 0 Å². The quantitative estimate of drug-likeness (QED) is 0.514. The molecule has 122 valence electrons. The van der Waals surface area contributed by atoms with E-state index in [0.29, 0.717) is 0 Å². The zero-order valence-corrected chi connectivity index (χ0v) is 14.0. The zero-order chi connectivity index (χ0) is 17.1. The lowest BCUT2D eigenvalue weighted by Crippen LogP contribution is -1.99. The van der Waals surface area contributed by atoms with Crippen molar-refractivity contribution >= 4 is 0 Å². The van der Waals surface area contributed by atoms with Crippen molar-refractivity contribution in [1.29, 1.82) is 0 Å². The first-order valence-electron chi connectivity index (χ1n) is 8.20. The van der Waals surface area contributed by atoms with Crippen molar-refractivity contribution < 1.29 is 4.74 Å². The van der Waals surface area contributed by atoms with E-state index in [1.165, 1.54) is 0 Å². The highest BCUT2D eigenvalue weighted by Crippen LogP contribution is 2.31. The Balaban J connectivity index is 1.91. The predicted molar refractivity (Wildman–Crippen MR) is 101 cm³/mol. The van der Waals surface area contributed by atoms with Crippen molar-refractivity contribution in [2.45, 2.75) is 0 Å². The van der Waals surface area contributed by atoms with Crippen LogP contribution in [-0.4, -0.2) is 16.7 Å². The summed E-state index contributed by atoms with van der Waals surface area (Å²) in [5.41, 5.74) is 4.32. The molecule has 3 heteroatoms. The molecule has 3 aromatic carbocycles. The van der Waals surface area contributed by atoms with Gasteiger partial charge in [0, 0.05) is 16.8 Å². The molecule has 0 N–H and O–H groups in total. The minimum atomic E-state index is 0.845. The summed E-state index contributed by atoms with van der Waals surface area (Å²) < 4.78 is 7.46. The fraction of sp³-hybridized carbons (Fsp3) is 0.0455. The van der Waals surface area contributed by atoms with Crippen molar-refractivity contribution in [3.05, 3.63) is 91.1 Å². The first kappa shape index (κ1) is 15.2. The van der Waals surface area contributed by atoms with Crippen LogP contribution in [0.25, 0.3) is 28.3 Å². The molecule has 0 radical (unpaired) electrons. The second kappa shape index (κ2) is 6.65. The van der Waals surface area contributed by atoms with E-state index in [1.54, 1.807) is 7.11 Å². The molecule has 0 aliphatic carbocycles. The van der Waals surface area contributed by atoms with Crippen LogP contribution in [0.3, 0.4) is 0 Å². The van der Waals surface area contributed by atoms with Gasteiger partial charge in [-0.2, -0.15) is 0 Å². The monoisotopic (exact) mass is 326 g/mol. The normalized spacial score (nSPS) is 10.6. The molecule has 0 unspecified atom stereocenters. The van der Waals surface area contributed by atoms with Crippen LogP contribution in [0.4, 0.5) is 0 Å². The van der Waals surface area contributed by atoms with Crippen LogP contribution < -0.4 is 4.74 Å². The number of para-hydroxylation sites is 1. The van der Waals surface area contributed by atoms with Gasteiger partial charge in [-0.25, -0.2) is 4.98 Å². The Morgan fingerprint density at radius 1 is 0.720 bits per heavy atom. The number of hydrogen-bond acceptors (Lipinski definition) is 2. The van der Waals surface area contributed by atoms with Gasteiger partial charge in [-0.05, 0) is 36.4 Å². The third-order valence-corrected chi connectivity index (χ3v) is 4.19. The van der Waals surface area contributed by atoms with E-state index < -0.39 is 0 Å². The molecular weight excluding hydrogens is 308 g/mol. The maximum atomic E-state index is 5.27. The Morgan fingerprint density at radius 2 is 1.36 bits per heavy atom. The maximum absolute atomic E-state index is 5.27. The third kappa shape index (κ3) is 2.92. The SMILES string of the molecule is COc1ccc(-c2cnc(-c3ccccc3)n2-c2ccccc2)cc1. The number of aromatic nitrogens is 2. The van der Waals surface area contributed by atoms with E-state index in [4.69, 9.17) is 9.72 Å². The van der Waals surface area contributed by atoms with Crippen LogP contribution in [0, 0.1) is 0 Å². The molecule has 4 aromatic rings. The Hall–Kier alpha value is -3.33. The van der Waals surface area contributed by atoms with E-state index in [-0.39, 0.29) is 0 Å². The molecule has 1 heterocycles. The number of imidazole rings is 1. The number of methoxy groups -OCH3 is 1. The minimum Gasteiger partial charge on any atom is -0.497 e. The first-order chi connectivity index (χ1) is 12.4. The summed E-state index contributed by atoms with van der Waals surface area (Å²) in [5, 5.41) is 0. The van der Waals surface area contributed by atoms with Crippen molar-refractivity contribution in [3.63, 3.8) is 0 Å². The Labute approximate surface area is 147 Å². The Morgan fingerprint density at radius 3 is 2.00 bits per heavy atom. The van der Waals surface area contributed by atoms with E-state index in [9.17, 15) is 0 Å². The van der Waals surface area contributed by atoms with Crippen molar-refractivity contribution in [1.82, 2.24) is 9.55 Å². The second-order valence-corrected chi connectivity index (χ2v) is 5.73. The summed E-state index contributed by atoms with van der Waals surface area (Å²) in [6, 6.07) is 28.6. The molecule has 4 rings (SSSR count). The standard InChI is InChI=1S/C22H18N2O/c1-25-20-14-12-17(13-15-20)21-16-23-22(18-8-4-2-5-9-18)24(21)19-10-6-3-7-11-19/h2-16H,1H3. The van der Waals surface area contributed by atoms with Gasteiger partial charge in [0.2, 0.25) is 0 Å². The molecule has 0 bridgehead atoms. The molecule has 1 aromatic heterocycles. The van der Waals surface area contributed by atoms with Crippen LogP contribution in [0.5, 0.6) is 5.75 Å². The van der Waals surface area contributed by atoms with Gasteiger partial charge in [-0.15, -0.1) is 0 Å². The van der Waals surface area contributed by atoms with Gasteiger partial charge in [0.15, 0.2) is 0 Å². The molecule has 0 spiro atoms. The van der Waals surface area contributed by atoms with Crippen molar-refractivity contribution in [2.75, 3.05) is 7.11 Å². The molecule has 0 saturated heterocycles. The van der Waals surface area contributed by atoms with E-state index in [1.807, 2.05) is 54.7 Å². The second-order valence-electron chi connectivity index (χ2n) is 5.73. The highest BCUT2D eigenvalue weighted by atomic mass is 16.5. The Bertz CT molecular complexity index is 958. The average Bonchev–Trinajstić information content (AvgIpc) is 3.14. The number of hydrogen-bond donors (Lipinski definition) is 0. The average molecular weight is 326 g/mol. The van der Waals surface area contributed by atoms with Crippen molar-refractivity contribution in [2.24, 2.45) is 0 Å². The Kier molecular flexibility index (Phi) is 4.05. The van der Waals surface area contributed by atoms with Gasteiger partial charge in [0.25, 0.3) is 0 Å². The summed E-state index contributed by atoms with van der Waals surface area (Å²) in [6.07, 6.45) is 1.93. The molecule has 25 heavy (non-hydrogen) atoms. The van der Waals surface area contributed by atoms with E-state index in [2.05, 4.69) is 41.0 Å². The van der Waals surface area contributed by atoms with Crippen LogP contribution in [0.15, 0.2) is 91.1 Å². The number of nitrogens with zero attached hydrogens (tertiary/aromatic N) is 2.